The molecule has 0 spiro atoms. The molecule has 2 nitrogen and oxygen atoms in total. The summed E-state index contributed by atoms with van der Waals surface area (Å²) in [5.74, 6) is 0.0639. The highest BCUT2D eigenvalue weighted by molar-refractivity contribution is 7.98. The van der Waals surface area contributed by atoms with Crippen molar-refractivity contribution in [1.29, 1.82) is 0 Å². The van der Waals surface area contributed by atoms with E-state index in [9.17, 15) is 8.78 Å². The van der Waals surface area contributed by atoms with Gasteiger partial charge in [-0.3, -0.25) is 0 Å². The number of hydrogen-bond donors (Lipinski definition) is 1. The van der Waals surface area contributed by atoms with Crippen LogP contribution < -0.4 is 5.32 Å². The maximum atomic E-state index is 13.3. The maximum Gasteiger partial charge on any atom is 0.126 e. The first-order chi connectivity index (χ1) is 9.56. The molecule has 114 valence electrons. The van der Waals surface area contributed by atoms with Crippen LogP contribution in [0, 0.1) is 11.6 Å². The second kappa shape index (κ2) is 9.32. The summed E-state index contributed by atoms with van der Waals surface area (Å²) in [6.07, 6.45) is 2.92. The quantitative estimate of drug-likeness (QED) is 0.753. The highest BCUT2D eigenvalue weighted by Crippen LogP contribution is 2.19. The molecule has 20 heavy (non-hydrogen) atoms. The average molecular weight is 302 g/mol. The zero-order valence-electron chi connectivity index (χ0n) is 12.5. The average Bonchev–Trinajstić information content (AvgIpc) is 2.40. The number of nitrogens with one attached hydrogen (secondary N) is 1. The van der Waals surface area contributed by atoms with Gasteiger partial charge in [0.25, 0.3) is 0 Å². The van der Waals surface area contributed by atoms with E-state index in [1.165, 1.54) is 12.1 Å². The molecular formula is C15H24F2N2S. The van der Waals surface area contributed by atoms with Gasteiger partial charge in [0.1, 0.15) is 11.6 Å². The minimum atomic E-state index is -0.515. The standard InChI is InChI=1S/C15H24F2N2S/c1-4-18-15(5-6-19(2)7-8-20-3)12-9-13(16)11-14(17)10-12/h9-11,15,18H,4-8H2,1-3H3. The van der Waals surface area contributed by atoms with Crippen molar-refractivity contribution >= 4 is 11.8 Å². The number of thioether (sulfide) groups is 1. The normalized spacial score (nSPS) is 12.9. The molecule has 1 aromatic rings. The zero-order chi connectivity index (χ0) is 15.0. The van der Waals surface area contributed by atoms with Crippen LogP contribution in [0.15, 0.2) is 18.2 Å². The molecule has 0 bridgehead atoms. The van der Waals surface area contributed by atoms with Crippen molar-refractivity contribution in [3.63, 3.8) is 0 Å². The fraction of sp³-hybridized carbons (Fsp3) is 0.600. The van der Waals surface area contributed by atoms with Crippen molar-refractivity contribution in [3.05, 3.63) is 35.4 Å². The molecule has 1 N–H and O–H groups in total. The second-order valence-corrected chi connectivity index (χ2v) is 5.88. The Hall–Kier alpha value is -0.650. The summed E-state index contributed by atoms with van der Waals surface area (Å²) < 4.78 is 26.6. The van der Waals surface area contributed by atoms with Gasteiger partial charge < -0.3 is 10.2 Å². The lowest BCUT2D eigenvalue weighted by Gasteiger charge is -2.22. The third-order valence-electron chi connectivity index (χ3n) is 3.21. The monoisotopic (exact) mass is 302 g/mol. The molecule has 0 radical (unpaired) electrons. The van der Waals surface area contributed by atoms with Crippen molar-refractivity contribution in [2.24, 2.45) is 0 Å². The first-order valence-corrected chi connectivity index (χ1v) is 8.33. The number of nitrogens with zero attached hydrogens (tertiary/aromatic N) is 1. The van der Waals surface area contributed by atoms with E-state index in [-0.39, 0.29) is 6.04 Å². The first-order valence-electron chi connectivity index (χ1n) is 6.93. The molecule has 1 aromatic carbocycles. The van der Waals surface area contributed by atoms with E-state index in [0.717, 1.165) is 37.9 Å². The van der Waals surface area contributed by atoms with Crippen LogP contribution in [0.1, 0.15) is 24.9 Å². The van der Waals surface area contributed by atoms with Gasteiger partial charge in [-0.05, 0) is 50.5 Å². The van der Waals surface area contributed by atoms with Crippen LogP contribution in [0.3, 0.4) is 0 Å². The van der Waals surface area contributed by atoms with Crippen LogP contribution in [0.4, 0.5) is 8.78 Å². The van der Waals surface area contributed by atoms with Crippen LogP contribution in [-0.4, -0.2) is 43.6 Å². The van der Waals surface area contributed by atoms with Gasteiger partial charge in [0.15, 0.2) is 0 Å². The van der Waals surface area contributed by atoms with E-state index in [1.54, 1.807) is 0 Å². The fourth-order valence-electron chi connectivity index (χ4n) is 2.12. The van der Waals surface area contributed by atoms with Crippen LogP contribution in [0.2, 0.25) is 0 Å². The predicted molar refractivity (Wildman–Crippen MR) is 83.3 cm³/mol. The SMILES string of the molecule is CCNC(CCN(C)CCSC)c1cc(F)cc(F)c1. The highest BCUT2D eigenvalue weighted by Gasteiger charge is 2.13. The van der Waals surface area contributed by atoms with Crippen molar-refractivity contribution in [3.8, 4) is 0 Å². The number of rotatable bonds is 9. The zero-order valence-corrected chi connectivity index (χ0v) is 13.3. The molecule has 1 rings (SSSR count). The molecule has 0 saturated heterocycles. The van der Waals surface area contributed by atoms with Gasteiger partial charge in [-0.15, -0.1) is 0 Å². The Morgan fingerprint density at radius 2 is 1.85 bits per heavy atom. The van der Waals surface area contributed by atoms with Crippen molar-refractivity contribution in [2.75, 3.05) is 38.7 Å². The van der Waals surface area contributed by atoms with E-state index in [1.807, 2.05) is 18.7 Å². The summed E-state index contributed by atoms with van der Waals surface area (Å²) in [4.78, 5) is 2.25. The summed E-state index contributed by atoms with van der Waals surface area (Å²) in [6, 6.07) is 3.73. The van der Waals surface area contributed by atoms with Crippen molar-refractivity contribution in [2.45, 2.75) is 19.4 Å². The van der Waals surface area contributed by atoms with Crippen LogP contribution in [0.25, 0.3) is 0 Å². The smallest absolute Gasteiger partial charge is 0.126 e. The summed E-state index contributed by atoms with van der Waals surface area (Å²) in [5, 5.41) is 3.30. The first kappa shape index (κ1) is 17.4. The van der Waals surface area contributed by atoms with Crippen LogP contribution >= 0.6 is 11.8 Å². The third kappa shape index (κ3) is 6.20. The predicted octanol–water partition coefficient (Wildman–Crippen LogP) is 3.30. The van der Waals surface area contributed by atoms with Gasteiger partial charge >= 0.3 is 0 Å². The Labute approximate surface area is 124 Å². The molecule has 0 aromatic heterocycles. The number of halogens is 2. The van der Waals surface area contributed by atoms with E-state index >= 15 is 0 Å². The lowest BCUT2D eigenvalue weighted by Crippen LogP contribution is -2.28. The summed E-state index contributed by atoms with van der Waals surface area (Å²) in [7, 11) is 2.07. The second-order valence-electron chi connectivity index (χ2n) is 4.90. The van der Waals surface area contributed by atoms with Gasteiger partial charge in [0, 0.05) is 24.4 Å². The molecule has 0 fully saturated rings. The van der Waals surface area contributed by atoms with Crippen LogP contribution in [0.5, 0.6) is 0 Å². The number of hydrogen-bond acceptors (Lipinski definition) is 3. The van der Waals surface area contributed by atoms with E-state index in [2.05, 4.69) is 23.5 Å². The summed E-state index contributed by atoms with van der Waals surface area (Å²) in [6.45, 7) is 4.70. The highest BCUT2D eigenvalue weighted by atomic mass is 32.2. The van der Waals surface area contributed by atoms with Crippen LogP contribution in [-0.2, 0) is 0 Å². The largest absolute Gasteiger partial charge is 0.310 e. The van der Waals surface area contributed by atoms with Gasteiger partial charge in [0.05, 0.1) is 0 Å². The van der Waals surface area contributed by atoms with Gasteiger partial charge in [-0.25, -0.2) is 8.78 Å². The van der Waals surface area contributed by atoms with Crippen molar-refractivity contribution < 1.29 is 8.78 Å². The minimum absolute atomic E-state index is 0.0121. The van der Waals surface area contributed by atoms with Gasteiger partial charge in [-0.1, -0.05) is 6.92 Å². The lowest BCUT2D eigenvalue weighted by molar-refractivity contribution is 0.324. The third-order valence-corrected chi connectivity index (χ3v) is 3.81. The molecule has 1 unspecified atom stereocenters. The molecule has 0 saturated carbocycles. The fourth-order valence-corrected chi connectivity index (χ4v) is 2.61. The topological polar surface area (TPSA) is 15.3 Å². The molecule has 0 aliphatic carbocycles. The Bertz CT molecular complexity index is 381. The molecular weight excluding hydrogens is 278 g/mol. The Kier molecular flexibility index (Phi) is 8.11. The molecule has 0 heterocycles. The van der Waals surface area contributed by atoms with E-state index in [4.69, 9.17) is 0 Å². The maximum absolute atomic E-state index is 13.3. The minimum Gasteiger partial charge on any atom is -0.310 e. The summed E-state index contributed by atoms with van der Waals surface area (Å²) >= 11 is 1.82. The van der Waals surface area contributed by atoms with Gasteiger partial charge in [0.2, 0.25) is 0 Å². The van der Waals surface area contributed by atoms with Crippen molar-refractivity contribution in [1.82, 2.24) is 10.2 Å². The Balaban J connectivity index is 2.63. The van der Waals surface area contributed by atoms with E-state index in [0.29, 0.717) is 5.56 Å². The number of benzene rings is 1. The Morgan fingerprint density at radius 1 is 1.20 bits per heavy atom. The lowest BCUT2D eigenvalue weighted by atomic mass is 10.0. The Morgan fingerprint density at radius 3 is 2.40 bits per heavy atom. The van der Waals surface area contributed by atoms with Gasteiger partial charge in [-0.2, -0.15) is 11.8 Å². The molecule has 5 heteroatoms. The van der Waals surface area contributed by atoms with E-state index < -0.39 is 11.6 Å². The summed E-state index contributed by atoms with van der Waals surface area (Å²) in [5.41, 5.74) is 0.683. The molecule has 0 aliphatic rings. The molecule has 0 amide bonds. The molecule has 0 aliphatic heterocycles. The molecule has 1 atom stereocenters.